The van der Waals surface area contributed by atoms with Crippen LogP contribution >= 0.6 is 27.5 Å². The molecule has 1 rings (SSSR count). The minimum absolute atomic E-state index is 0.101. The molecule has 0 atom stereocenters. The van der Waals surface area contributed by atoms with Gasteiger partial charge in [-0.25, -0.2) is 0 Å². The van der Waals surface area contributed by atoms with Crippen molar-refractivity contribution in [2.75, 3.05) is 0 Å². The molecule has 0 radical (unpaired) electrons. The molecule has 0 fully saturated rings. The van der Waals surface area contributed by atoms with Crippen molar-refractivity contribution in [2.45, 2.75) is 13.3 Å². The van der Waals surface area contributed by atoms with Gasteiger partial charge in [0, 0.05) is 16.5 Å². The van der Waals surface area contributed by atoms with E-state index in [1.54, 1.807) is 18.2 Å². The zero-order chi connectivity index (χ0) is 9.14. The van der Waals surface area contributed by atoms with Crippen LogP contribution in [0, 0.1) is 0 Å². The van der Waals surface area contributed by atoms with E-state index < -0.39 is 0 Å². The van der Waals surface area contributed by atoms with E-state index in [1.165, 1.54) is 0 Å². The smallest absolute Gasteiger partial charge is 0.163 e. The van der Waals surface area contributed by atoms with Crippen LogP contribution in [0.1, 0.15) is 23.7 Å². The first-order chi connectivity index (χ1) is 5.66. The van der Waals surface area contributed by atoms with Crippen molar-refractivity contribution in [1.29, 1.82) is 0 Å². The van der Waals surface area contributed by atoms with E-state index in [0.717, 1.165) is 0 Å². The molecule has 0 aliphatic rings. The molecule has 0 spiro atoms. The van der Waals surface area contributed by atoms with Crippen molar-refractivity contribution in [2.24, 2.45) is 0 Å². The number of rotatable bonds is 2. The van der Waals surface area contributed by atoms with Gasteiger partial charge in [-0.3, -0.25) is 4.79 Å². The fraction of sp³-hybridized carbons (Fsp3) is 0.222. The fourth-order valence-electron chi connectivity index (χ4n) is 0.910. The Morgan fingerprint density at radius 2 is 2.25 bits per heavy atom. The quantitative estimate of drug-likeness (QED) is 0.728. The summed E-state index contributed by atoms with van der Waals surface area (Å²) >= 11 is 9.08. The van der Waals surface area contributed by atoms with E-state index in [4.69, 9.17) is 11.6 Å². The molecule has 1 aromatic rings. The number of halogens is 2. The molecule has 1 nitrogen and oxygen atoms in total. The molecular weight excluding hydrogens is 239 g/mol. The second kappa shape index (κ2) is 4.06. The highest BCUT2D eigenvalue weighted by molar-refractivity contribution is 9.10. The lowest BCUT2D eigenvalue weighted by Crippen LogP contribution is -1.97. The van der Waals surface area contributed by atoms with Gasteiger partial charge in [0.2, 0.25) is 0 Å². The Labute approximate surface area is 84.9 Å². The fourth-order valence-corrected chi connectivity index (χ4v) is 1.57. The highest BCUT2D eigenvalue weighted by Crippen LogP contribution is 2.26. The van der Waals surface area contributed by atoms with E-state index >= 15 is 0 Å². The molecule has 0 saturated heterocycles. The van der Waals surface area contributed by atoms with Crippen molar-refractivity contribution < 1.29 is 4.79 Å². The Morgan fingerprint density at radius 3 is 2.83 bits per heavy atom. The first-order valence-corrected chi connectivity index (χ1v) is 4.81. The Balaban J connectivity index is 3.16. The number of benzene rings is 1. The Bertz CT molecular complexity index is 309. The number of hydrogen-bond acceptors (Lipinski definition) is 1. The summed E-state index contributed by atoms with van der Waals surface area (Å²) in [7, 11) is 0. The Morgan fingerprint density at radius 1 is 1.58 bits per heavy atom. The zero-order valence-electron chi connectivity index (χ0n) is 6.60. The monoisotopic (exact) mass is 246 g/mol. The summed E-state index contributed by atoms with van der Waals surface area (Å²) in [6.07, 6.45) is 0.499. The molecule has 0 aromatic heterocycles. The van der Waals surface area contributed by atoms with Gasteiger partial charge in [-0.05, 0) is 22.0 Å². The van der Waals surface area contributed by atoms with E-state index in [2.05, 4.69) is 15.9 Å². The van der Waals surface area contributed by atoms with Gasteiger partial charge in [0.15, 0.2) is 5.78 Å². The molecule has 3 heteroatoms. The van der Waals surface area contributed by atoms with Crippen LogP contribution in [0.4, 0.5) is 0 Å². The number of hydrogen-bond donors (Lipinski definition) is 0. The van der Waals surface area contributed by atoms with Crippen molar-refractivity contribution in [3.05, 3.63) is 33.3 Å². The molecule has 64 valence electrons. The molecule has 0 amide bonds. The molecule has 0 N–H and O–H groups in total. The lowest BCUT2D eigenvalue weighted by molar-refractivity contribution is 0.0987. The highest BCUT2D eigenvalue weighted by atomic mass is 79.9. The van der Waals surface area contributed by atoms with Gasteiger partial charge in [-0.15, -0.1) is 0 Å². The normalized spacial score (nSPS) is 9.92. The number of Topliss-reactive ketones (excluding diaryl/α,β-unsaturated/α-hetero) is 1. The van der Waals surface area contributed by atoms with Gasteiger partial charge in [-0.1, -0.05) is 30.7 Å². The molecule has 12 heavy (non-hydrogen) atoms. The predicted molar refractivity (Wildman–Crippen MR) is 53.8 cm³/mol. The second-order valence-corrected chi connectivity index (χ2v) is 3.58. The van der Waals surface area contributed by atoms with Crippen molar-refractivity contribution in [3.63, 3.8) is 0 Å². The van der Waals surface area contributed by atoms with E-state index in [0.29, 0.717) is 21.5 Å². The summed E-state index contributed by atoms with van der Waals surface area (Å²) in [5.41, 5.74) is 0.657. The van der Waals surface area contributed by atoms with E-state index in [-0.39, 0.29) is 5.78 Å². The van der Waals surface area contributed by atoms with Gasteiger partial charge in [0.1, 0.15) is 0 Å². The Kier molecular flexibility index (Phi) is 3.29. The Hall–Kier alpha value is -0.340. The number of carbonyl (C=O) groups is 1. The van der Waals surface area contributed by atoms with Crippen molar-refractivity contribution >= 4 is 33.3 Å². The van der Waals surface area contributed by atoms with E-state index in [1.807, 2.05) is 6.92 Å². The predicted octanol–water partition coefficient (Wildman–Crippen LogP) is 3.70. The zero-order valence-corrected chi connectivity index (χ0v) is 8.95. The van der Waals surface area contributed by atoms with Gasteiger partial charge >= 0.3 is 0 Å². The lowest BCUT2D eigenvalue weighted by atomic mass is 10.1. The second-order valence-electron chi connectivity index (χ2n) is 2.38. The average Bonchev–Trinajstić information content (AvgIpc) is 2.08. The lowest BCUT2D eigenvalue weighted by Gasteiger charge is -2.02. The van der Waals surface area contributed by atoms with Crippen LogP contribution in [-0.4, -0.2) is 5.78 Å². The third kappa shape index (κ3) is 1.87. The maximum Gasteiger partial charge on any atom is 0.163 e. The van der Waals surface area contributed by atoms with Gasteiger partial charge < -0.3 is 0 Å². The summed E-state index contributed by atoms with van der Waals surface area (Å²) in [5.74, 6) is 0.101. The van der Waals surface area contributed by atoms with Gasteiger partial charge in [0.05, 0.1) is 5.02 Å². The van der Waals surface area contributed by atoms with Gasteiger partial charge in [0.25, 0.3) is 0 Å². The van der Waals surface area contributed by atoms with Crippen molar-refractivity contribution in [1.82, 2.24) is 0 Å². The van der Waals surface area contributed by atoms with Crippen LogP contribution < -0.4 is 0 Å². The molecular formula is C9H8BrClO. The molecule has 0 bridgehead atoms. The molecule has 1 aromatic carbocycles. The highest BCUT2D eigenvalue weighted by Gasteiger charge is 2.09. The largest absolute Gasteiger partial charge is 0.294 e. The van der Waals surface area contributed by atoms with Crippen molar-refractivity contribution in [3.8, 4) is 0 Å². The van der Waals surface area contributed by atoms with Gasteiger partial charge in [-0.2, -0.15) is 0 Å². The number of ketones is 1. The molecule has 0 aliphatic carbocycles. The van der Waals surface area contributed by atoms with Crippen LogP contribution in [0.3, 0.4) is 0 Å². The van der Waals surface area contributed by atoms with Crippen LogP contribution in [0.25, 0.3) is 0 Å². The third-order valence-electron chi connectivity index (χ3n) is 1.57. The van der Waals surface area contributed by atoms with Crippen LogP contribution in [0.15, 0.2) is 22.7 Å². The molecule has 0 heterocycles. The standard InChI is InChI=1S/C9H8BrClO/c1-2-8(12)6-4-3-5-7(11)9(6)10/h3-5H,2H2,1H3. The maximum atomic E-state index is 11.3. The first-order valence-electron chi connectivity index (χ1n) is 3.64. The summed E-state index contributed by atoms with van der Waals surface area (Å²) in [5, 5.41) is 0.578. The van der Waals surface area contributed by atoms with Crippen LogP contribution in [-0.2, 0) is 0 Å². The maximum absolute atomic E-state index is 11.3. The summed E-state index contributed by atoms with van der Waals surface area (Å²) in [6.45, 7) is 1.83. The van der Waals surface area contributed by atoms with E-state index in [9.17, 15) is 4.79 Å². The minimum atomic E-state index is 0.101. The van der Waals surface area contributed by atoms with Crippen LogP contribution in [0.5, 0.6) is 0 Å². The van der Waals surface area contributed by atoms with Crippen LogP contribution in [0.2, 0.25) is 5.02 Å². The molecule has 0 unspecified atom stereocenters. The summed E-state index contributed by atoms with van der Waals surface area (Å²) < 4.78 is 0.693. The summed E-state index contributed by atoms with van der Waals surface area (Å²) in [6, 6.07) is 5.29. The number of carbonyl (C=O) groups excluding carboxylic acids is 1. The average molecular weight is 248 g/mol. The minimum Gasteiger partial charge on any atom is -0.294 e. The SMILES string of the molecule is CCC(=O)c1cccc(Cl)c1Br. The molecule has 0 saturated carbocycles. The molecule has 0 aliphatic heterocycles. The third-order valence-corrected chi connectivity index (χ3v) is 2.97. The first kappa shape index (κ1) is 9.75. The summed E-state index contributed by atoms with van der Waals surface area (Å²) in [4.78, 5) is 11.3. The topological polar surface area (TPSA) is 17.1 Å².